The van der Waals surface area contributed by atoms with Crippen molar-refractivity contribution in [3.63, 3.8) is 0 Å². The minimum atomic E-state index is 0.661. The van der Waals surface area contributed by atoms with Gasteiger partial charge in [0.05, 0.1) is 22.6 Å². The fourth-order valence-corrected chi connectivity index (χ4v) is 10.0. The summed E-state index contributed by atoms with van der Waals surface area (Å²) in [5.74, 6) is 0.661. The minimum absolute atomic E-state index is 0.661. The Morgan fingerprint density at radius 1 is 0.258 bits per heavy atom. The maximum atomic E-state index is 5.51. The van der Waals surface area contributed by atoms with Crippen LogP contribution in [0.4, 0.5) is 0 Å². The topological polar surface area (TPSA) is 38.7 Å². The fourth-order valence-electron chi connectivity index (χ4n) is 10.0. The van der Waals surface area contributed by atoms with Crippen LogP contribution in [0.3, 0.4) is 0 Å². The van der Waals surface area contributed by atoms with E-state index in [1.807, 2.05) is 0 Å². The van der Waals surface area contributed by atoms with Crippen LogP contribution in [-0.4, -0.2) is 15.0 Å². The first-order valence-electron chi connectivity index (χ1n) is 21.2. The SMILES string of the molecule is c1cc(-c2nc(-c3cc4ccccc4c4ccccc34)cc(-c3cc4ccccc4c4ccccc34)n2)cc(-c2nc3ccccc3c3c4ccccc4c4ccccc4c23)c1. The zero-order valence-electron chi connectivity index (χ0n) is 33.5. The lowest BCUT2D eigenvalue weighted by Gasteiger charge is -2.17. The molecule has 3 heteroatoms. The number of hydrogen-bond donors (Lipinski definition) is 0. The van der Waals surface area contributed by atoms with Crippen LogP contribution in [0.15, 0.2) is 212 Å². The molecule has 0 saturated carbocycles. The molecular formula is C59H35N3. The minimum Gasteiger partial charge on any atom is -0.247 e. The van der Waals surface area contributed by atoms with E-state index in [4.69, 9.17) is 15.0 Å². The molecule has 0 aliphatic heterocycles. The van der Waals surface area contributed by atoms with Gasteiger partial charge in [-0.25, -0.2) is 15.0 Å². The second kappa shape index (κ2) is 13.6. The highest BCUT2D eigenvalue weighted by Crippen LogP contribution is 2.44. The van der Waals surface area contributed by atoms with Gasteiger partial charge in [0.2, 0.25) is 0 Å². The van der Waals surface area contributed by atoms with Crippen LogP contribution in [0.2, 0.25) is 0 Å². The number of hydrogen-bond acceptors (Lipinski definition) is 3. The van der Waals surface area contributed by atoms with Crippen LogP contribution < -0.4 is 0 Å². The van der Waals surface area contributed by atoms with Crippen molar-refractivity contribution < 1.29 is 0 Å². The monoisotopic (exact) mass is 785 g/mol. The van der Waals surface area contributed by atoms with Gasteiger partial charge in [-0.2, -0.15) is 0 Å². The average Bonchev–Trinajstić information content (AvgIpc) is 3.35. The Kier molecular flexibility index (Phi) is 7.60. The van der Waals surface area contributed by atoms with E-state index in [2.05, 4.69) is 212 Å². The number of pyridine rings is 1. The number of benzene rings is 11. The van der Waals surface area contributed by atoms with Crippen LogP contribution in [0.1, 0.15) is 0 Å². The van der Waals surface area contributed by atoms with E-state index in [1.165, 1.54) is 59.2 Å². The molecule has 62 heavy (non-hydrogen) atoms. The van der Waals surface area contributed by atoms with Crippen LogP contribution in [0, 0.1) is 0 Å². The molecule has 0 N–H and O–H groups in total. The molecule has 2 aromatic heterocycles. The van der Waals surface area contributed by atoms with Gasteiger partial charge in [-0.15, -0.1) is 0 Å². The summed E-state index contributed by atoms with van der Waals surface area (Å²) in [6, 6.07) is 76.2. The van der Waals surface area contributed by atoms with Gasteiger partial charge in [0.1, 0.15) is 0 Å². The molecule has 13 aromatic rings. The molecule has 0 bridgehead atoms. The average molecular weight is 786 g/mol. The molecule has 0 saturated heterocycles. The molecular weight excluding hydrogens is 751 g/mol. The summed E-state index contributed by atoms with van der Waals surface area (Å²) in [6.45, 7) is 0. The van der Waals surface area contributed by atoms with E-state index in [0.717, 1.165) is 66.4 Å². The molecule has 0 aliphatic rings. The van der Waals surface area contributed by atoms with Crippen molar-refractivity contribution in [2.45, 2.75) is 0 Å². The Labute approximate surface area is 357 Å². The predicted molar refractivity (Wildman–Crippen MR) is 262 cm³/mol. The summed E-state index contributed by atoms with van der Waals surface area (Å²) in [7, 11) is 0. The van der Waals surface area contributed by atoms with Crippen molar-refractivity contribution >= 4 is 86.3 Å². The standard InChI is InChI=1S/C59H35N3/c1-3-20-40-36(16-1)33-51(46-26-7-5-22-42(40)46)54-35-55(52-34-37-17-2-4-21-41(37)43-23-6-8-27-47(43)52)62-59(61-54)39-19-15-18-38(32-39)58-57-49-29-12-10-25-45(49)44-24-9-11-28-48(44)56(57)50-30-13-14-31-53(50)60-58/h1-35H. The van der Waals surface area contributed by atoms with Crippen molar-refractivity contribution in [3.05, 3.63) is 212 Å². The first kappa shape index (κ1) is 34.6. The Morgan fingerprint density at radius 3 is 1.24 bits per heavy atom. The third kappa shape index (κ3) is 5.28. The molecule has 0 fully saturated rings. The second-order valence-corrected chi connectivity index (χ2v) is 16.2. The Morgan fingerprint density at radius 2 is 0.677 bits per heavy atom. The lowest BCUT2D eigenvalue weighted by molar-refractivity contribution is 1.19. The van der Waals surface area contributed by atoms with E-state index < -0.39 is 0 Å². The van der Waals surface area contributed by atoms with Gasteiger partial charge in [-0.3, -0.25) is 0 Å². The Balaban J connectivity index is 1.11. The van der Waals surface area contributed by atoms with Crippen molar-refractivity contribution in [3.8, 4) is 45.2 Å². The fraction of sp³-hybridized carbons (Fsp3) is 0. The molecule has 0 unspecified atom stereocenters. The molecule has 2 heterocycles. The second-order valence-electron chi connectivity index (χ2n) is 16.2. The molecule has 3 nitrogen and oxygen atoms in total. The maximum absolute atomic E-state index is 5.51. The third-order valence-corrected chi connectivity index (χ3v) is 12.8. The van der Waals surface area contributed by atoms with E-state index in [-0.39, 0.29) is 0 Å². The van der Waals surface area contributed by atoms with Crippen LogP contribution in [-0.2, 0) is 0 Å². The van der Waals surface area contributed by atoms with Crippen LogP contribution in [0.25, 0.3) is 131 Å². The van der Waals surface area contributed by atoms with Gasteiger partial charge >= 0.3 is 0 Å². The zero-order chi connectivity index (χ0) is 40.7. The molecule has 0 spiro atoms. The van der Waals surface area contributed by atoms with E-state index in [0.29, 0.717) is 5.82 Å². The number of para-hydroxylation sites is 1. The molecule has 0 atom stereocenters. The number of nitrogens with zero attached hydrogens (tertiary/aromatic N) is 3. The highest BCUT2D eigenvalue weighted by Gasteiger charge is 2.20. The van der Waals surface area contributed by atoms with Gasteiger partial charge in [0.25, 0.3) is 0 Å². The summed E-state index contributed by atoms with van der Waals surface area (Å²) in [5.41, 5.74) is 7.75. The smallest absolute Gasteiger partial charge is 0.160 e. The van der Waals surface area contributed by atoms with Crippen LogP contribution >= 0.6 is 0 Å². The van der Waals surface area contributed by atoms with Crippen molar-refractivity contribution in [1.29, 1.82) is 0 Å². The number of rotatable bonds is 4. The highest BCUT2D eigenvalue weighted by atomic mass is 14.9. The van der Waals surface area contributed by atoms with E-state index >= 15 is 0 Å². The Hall–Kier alpha value is -8.27. The summed E-state index contributed by atoms with van der Waals surface area (Å²) in [5, 5.41) is 17.9. The zero-order valence-corrected chi connectivity index (χ0v) is 33.5. The highest BCUT2D eigenvalue weighted by molar-refractivity contribution is 6.33. The normalized spacial score (nSPS) is 11.9. The molecule has 11 aromatic carbocycles. The van der Waals surface area contributed by atoms with Gasteiger partial charge in [0.15, 0.2) is 5.82 Å². The first-order valence-corrected chi connectivity index (χ1v) is 21.2. The summed E-state index contributed by atoms with van der Waals surface area (Å²) in [4.78, 5) is 16.5. The molecule has 0 amide bonds. The molecule has 0 aliphatic carbocycles. The number of aromatic nitrogens is 3. The molecule has 0 radical (unpaired) electrons. The summed E-state index contributed by atoms with van der Waals surface area (Å²) >= 11 is 0. The van der Waals surface area contributed by atoms with Gasteiger partial charge in [-0.05, 0) is 95.0 Å². The quantitative estimate of drug-likeness (QED) is 0.167. The first-order chi connectivity index (χ1) is 30.7. The number of fused-ring (bicyclic) bond motifs is 14. The largest absolute Gasteiger partial charge is 0.247 e. The van der Waals surface area contributed by atoms with Crippen molar-refractivity contribution in [2.75, 3.05) is 0 Å². The lowest BCUT2D eigenvalue weighted by atomic mass is 9.89. The van der Waals surface area contributed by atoms with Gasteiger partial charge in [0, 0.05) is 38.4 Å². The van der Waals surface area contributed by atoms with E-state index in [9.17, 15) is 0 Å². The third-order valence-electron chi connectivity index (χ3n) is 12.8. The summed E-state index contributed by atoms with van der Waals surface area (Å²) in [6.07, 6.45) is 0. The van der Waals surface area contributed by atoms with Crippen molar-refractivity contribution in [2.24, 2.45) is 0 Å². The molecule has 286 valence electrons. The van der Waals surface area contributed by atoms with E-state index in [1.54, 1.807) is 0 Å². The van der Waals surface area contributed by atoms with Crippen LogP contribution in [0.5, 0.6) is 0 Å². The predicted octanol–water partition coefficient (Wildman–Crippen LogP) is 15.8. The maximum Gasteiger partial charge on any atom is 0.160 e. The Bertz CT molecular complexity index is 3860. The summed E-state index contributed by atoms with van der Waals surface area (Å²) < 4.78 is 0. The van der Waals surface area contributed by atoms with Gasteiger partial charge < -0.3 is 0 Å². The molecule has 13 rings (SSSR count). The lowest BCUT2D eigenvalue weighted by Crippen LogP contribution is -1.98. The van der Waals surface area contributed by atoms with Crippen molar-refractivity contribution in [1.82, 2.24) is 15.0 Å². The van der Waals surface area contributed by atoms with Gasteiger partial charge in [-0.1, -0.05) is 182 Å².